The van der Waals surface area contributed by atoms with Crippen molar-refractivity contribution >= 4 is 21.6 Å². The first-order valence-corrected chi connectivity index (χ1v) is 4.96. The molecule has 0 atom stereocenters. The maximum Gasteiger partial charge on any atom is 0.154 e. The third-order valence-corrected chi connectivity index (χ3v) is 1.92. The smallest absolute Gasteiger partial charge is 0.154 e. The molecule has 0 amide bonds. The Bertz CT molecular complexity index is 305. The molecule has 8 heteroatoms. The molecule has 0 aliphatic rings. The number of rotatable bonds is 3. The topological polar surface area (TPSA) is 47.3 Å². The molecule has 0 bridgehead atoms. The second-order valence-electron chi connectivity index (χ2n) is 2.57. The van der Waals surface area contributed by atoms with Gasteiger partial charge in [-0.15, -0.1) is 6.54 Å². The molecule has 0 heterocycles. The summed E-state index contributed by atoms with van der Waals surface area (Å²) in [4.78, 5) is 0. The van der Waals surface area contributed by atoms with Crippen LogP contribution in [0.4, 0.5) is 18.9 Å². The van der Waals surface area contributed by atoms with Gasteiger partial charge in [0.05, 0.1) is 5.69 Å². The Morgan fingerprint density at radius 3 is 2.29 bits per heavy atom. The van der Waals surface area contributed by atoms with Crippen molar-refractivity contribution < 1.29 is 51.1 Å². The summed E-state index contributed by atoms with van der Waals surface area (Å²) in [5.74, 6) is 0. The molecular formula is C9H10BrF3N2OY-2. The minimum atomic E-state index is -3.08. The van der Waals surface area contributed by atoms with Gasteiger partial charge in [0.15, 0.2) is 6.68 Å². The van der Waals surface area contributed by atoms with Gasteiger partial charge in [-0.05, 0) is 18.2 Å². The second kappa shape index (κ2) is 11.4. The molecule has 1 radical (unpaired) electrons. The number of hydrogen-bond donors (Lipinski definition) is 1. The maximum absolute atomic E-state index is 9.58. The van der Waals surface area contributed by atoms with Crippen LogP contribution in [0.3, 0.4) is 0 Å². The fraction of sp³-hybridized carbons (Fsp3) is 0.222. The van der Waals surface area contributed by atoms with Crippen molar-refractivity contribution in [3.8, 4) is 0 Å². The van der Waals surface area contributed by atoms with Crippen LogP contribution in [-0.4, -0.2) is 18.3 Å². The van der Waals surface area contributed by atoms with Crippen molar-refractivity contribution in [3.05, 3.63) is 41.2 Å². The Morgan fingerprint density at radius 2 is 1.88 bits per heavy atom. The van der Waals surface area contributed by atoms with Gasteiger partial charge in [0.2, 0.25) is 0 Å². The van der Waals surface area contributed by atoms with Crippen LogP contribution in [0, 0.1) is 6.68 Å². The fourth-order valence-electron chi connectivity index (χ4n) is 0.872. The summed E-state index contributed by atoms with van der Waals surface area (Å²) in [5, 5.41) is 10.4. The van der Waals surface area contributed by atoms with Gasteiger partial charge in [-0.1, -0.05) is 22.0 Å². The van der Waals surface area contributed by atoms with Crippen LogP contribution in [0.2, 0.25) is 0 Å². The van der Waals surface area contributed by atoms with Gasteiger partial charge >= 0.3 is 0 Å². The molecule has 95 valence electrons. The van der Waals surface area contributed by atoms with E-state index in [4.69, 9.17) is 5.73 Å². The van der Waals surface area contributed by atoms with Crippen molar-refractivity contribution in [2.24, 2.45) is 0 Å². The molecule has 0 aromatic heterocycles. The summed E-state index contributed by atoms with van der Waals surface area (Å²) in [5.41, 5.74) is 7.63. The Morgan fingerprint density at radius 1 is 1.35 bits per heavy atom. The Kier molecular flexibility index (Phi) is 13.2. The van der Waals surface area contributed by atoms with E-state index in [2.05, 4.69) is 15.9 Å². The van der Waals surface area contributed by atoms with Gasteiger partial charge in [0, 0.05) is 43.7 Å². The predicted molar refractivity (Wildman–Crippen MR) is 59.0 cm³/mol. The summed E-state index contributed by atoms with van der Waals surface area (Å²) in [6, 6.07) is 7.32. The zero-order chi connectivity index (χ0) is 12.6. The van der Waals surface area contributed by atoms with Gasteiger partial charge in [-0.25, -0.2) is 0 Å². The van der Waals surface area contributed by atoms with E-state index in [0.717, 1.165) is 9.54 Å². The summed E-state index contributed by atoms with van der Waals surface area (Å²) >= 11 is 3.30. The van der Waals surface area contributed by atoms with E-state index in [0.29, 0.717) is 12.2 Å². The minimum absolute atomic E-state index is 0. The van der Waals surface area contributed by atoms with Crippen molar-refractivity contribution in [1.29, 1.82) is 0 Å². The average molecular weight is 388 g/mol. The predicted octanol–water partition coefficient (Wildman–Crippen LogP) is 4.04. The Balaban J connectivity index is 0. The molecule has 0 aliphatic carbocycles. The first-order chi connectivity index (χ1) is 7.47. The molecule has 3 nitrogen and oxygen atoms in total. The van der Waals surface area contributed by atoms with E-state index in [9.17, 15) is 18.4 Å². The summed E-state index contributed by atoms with van der Waals surface area (Å²) in [6.45, 7) is -2.57. The third-order valence-electron chi connectivity index (χ3n) is 1.43. The van der Waals surface area contributed by atoms with Crippen molar-refractivity contribution in [3.63, 3.8) is 0 Å². The third kappa shape index (κ3) is 11.2. The number of anilines is 1. The summed E-state index contributed by atoms with van der Waals surface area (Å²) in [7, 11) is 0. The standard InChI is InChI=1S/C8H10BrN2O.CF3.Y/c9-7-2-1-3-8(6-7)11(12)5-4-10;2-1(3)4;/h1-3,6,10,12H,4-5H2;;/q2*-1;. The normalized spacial score (nSPS) is 9.12. The van der Waals surface area contributed by atoms with Crippen molar-refractivity contribution in [2.45, 2.75) is 0 Å². The van der Waals surface area contributed by atoms with Crippen molar-refractivity contribution in [2.75, 3.05) is 18.2 Å². The SMILES string of the molecule is F[C-](F)F.[NH-]CCN(O)c1cccc(Br)c1.[Y]. The molecule has 0 aliphatic heterocycles. The molecule has 0 saturated heterocycles. The molecule has 1 rings (SSSR count). The fourth-order valence-corrected chi connectivity index (χ4v) is 1.26. The van der Waals surface area contributed by atoms with E-state index < -0.39 is 6.68 Å². The van der Waals surface area contributed by atoms with Gasteiger partial charge in [0.1, 0.15) is 0 Å². The molecule has 17 heavy (non-hydrogen) atoms. The monoisotopic (exact) mass is 387 g/mol. The second-order valence-corrected chi connectivity index (χ2v) is 3.48. The summed E-state index contributed by atoms with van der Waals surface area (Å²) < 4.78 is 29.7. The molecule has 1 aromatic rings. The van der Waals surface area contributed by atoms with Gasteiger partial charge in [0.25, 0.3) is 0 Å². The van der Waals surface area contributed by atoms with E-state index in [1.54, 1.807) is 12.1 Å². The molecule has 2 N–H and O–H groups in total. The molecular weight excluding hydrogens is 378 g/mol. The number of benzene rings is 1. The molecule has 1 aromatic carbocycles. The van der Waals surface area contributed by atoms with Crippen LogP contribution in [-0.2, 0) is 32.7 Å². The van der Waals surface area contributed by atoms with Crippen LogP contribution in [0.1, 0.15) is 0 Å². The Labute approximate surface area is 131 Å². The number of halogens is 4. The van der Waals surface area contributed by atoms with Gasteiger partial charge in [-0.2, -0.15) is 0 Å². The van der Waals surface area contributed by atoms with Crippen molar-refractivity contribution in [1.82, 2.24) is 0 Å². The first kappa shape index (κ1) is 19.6. The summed E-state index contributed by atoms with van der Waals surface area (Å²) in [6.07, 6.45) is 0. The van der Waals surface area contributed by atoms with E-state index in [1.165, 1.54) is 0 Å². The molecule has 0 spiro atoms. The first-order valence-electron chi connectivity index (χ1n) is 4.17. The van der Waals surface area contributed by atoms with Crippen LogP contribution >= 0.6 is 15.9 Å². The van der Waals surface area contributed by atoms with Crippen LogP contribution in [0.15, 0.2) is 28.7 Å². The van der Waals surface area contributed by atoms with Crippen LogP contribution in [0.25, 0.3) is 5.73 Å². The zero-order valence-electron chi connectivity index (χ0n) is 8.71. The molecule has 0 fully saturated rings. The van der Waals surface area contributed by atoms with E-state index >= 15 is 0 Å². The maximum atomic E-state index is 9.58. The van der Waals surface area contributed by atoms with E-state index in [1.807, 2.05) is 12.1 Å². The number of hydroxylamine groups is 1. The number of nitrogens with one attached hydrogen (secondary N) is 1. The zero-order valence-corrected chi connectivity index (χ0v) is 13.1. The van der Waals surface area contributed by atoms with Crippen LogP contribution in [0.5, 0.6) is 0 Å². The Hall–Kier alpha value is 0.314. The van der Waals surface area contributed by atoms with Gasteiger partial charge in [-0.3, -0.25) is 10.3 Å². The minimum Gasteiger partial charge on any atom is -0.676 e. The number of nitrogens with zero attached hydrogens (tertiary/aromatic N) is 1. The quantitative estimate of drug-likeness (QED) is 0.628. The van der Waals surface area contributed by atoms with Crippen LogP contribution < -0.4 is 5.06 Å². The number of hydrogen-bond acceptors (Lipinski definition) is 2. The van der Waals surface area contributed by atoms with E-state index in [-0.39, 0.29) is 39.3 Å². The largest absolute Gasteiger partial charge is 0.676 e. The molecule has 0 saturated carbocycles. The van der Waals surface area contributed by atoms with Gasteiger partial charge < -0.3 is 18.9 Å². The molecule has 0 unspecified atom stereocenters. The average Bonchev–Trinajstić information content (AvgIpc) is 2.17.